The number of aryl methyl sites for hydroxylation is 1. The van der Waals surface area contributed by atoms with Crippen molar-refractivity contribution < 1.29 is 4.74 Å². The highest BCUT2D eigenvalue weighted by atomic mass is 16.5. The van der Waals surface area contributed by atoms with E-state index in [0.717, 1.165) is 28.5 Å². The van der Waals surface area contributed by atoms with Gasteiger partial charge < -0.3 is 10.1 Å². The summed E-state index contributed by atoms with van der Waals surface area (Å²) in [6.07, 6.45) is 1.76. The summed E-state index contributed by atoms with van der Waals surface area (Å²) in [4.78, 5) is 4.72. The van der Waals surface area contributed by atoms with E-state index in [1.165, 1.54) is 11.1 Å². The largest absolute Gasteiger partial charge is 0.497 e. The first-order valence-corrected chi connectivity index (χ1v) is 8.51. The van der Waals surface area contributed by atoms with Crippen molar-refractivity contribution in [2.45, 2.75) is 13.5 Å². The molecule has 0 unspecified atom stereocenters. The molecule has 2 heterocycles. The number of anilines is 1. The summed E-state index contributed by atoms with van der Waals surface area (Å²) in [5.41, 5.74) is 5.24. The second-order valence-corrected chi connectivity index (χ2v) is 6.20. The zero-order valence-electron chi connectivity index (χ0n) is 14.8. The molecule has 0 saturated carbocycles. The van der Waals surface area contributed by atoms with Crippen LogP contribution in [-0.4, -0.2) is 21.7 Å². The van der Waals surface area contributed by atoms with Crippen LogP contribution >= 0.6 is 0 Å². The molecule has 0 atom stereocenters. The maximum Gasteiger partial charge on any atom is 0.157 e. The zero-order chi connectivity index (χ0) is 17.9. The van der Waals surface area contributed by atoms with Crippen molar-refractivity contribution in [3.05, 3.63) is 78.0 Å². The van der Waals surface area contributed by atoms with Gasteiger partial charge in [0.2, 0.25) is 0 Å². The van der Waals surface area contributed by atoms with Gasteiger partial charge in [-0.1, -0.05) is 42.0 Å². The van der Waals surface area contributed by atoms with Gasteiger partial charge in [0.15, 0.2) is 5.65 Å². The molecule has 0 aliphatic carbocycles. The maximum absolute atomic E-state index is 5.21. The topological polar surface area (TPSA) is 51.5 Å². The van der Waals surface area contributed by atoms with Crippen LogP contribution in [-0.2, 0) is 6.54 Å². The Morgan fingerprint density at radius 3 is 2.50 bits per heavy atom. The van der Waals surface area contributed by atoms with E-state index < -0.39 is 0 Å². The van der Waals surface area contributed by atoms with Crippen LogP contribution in [0.3, 0.4) is 0 Å². The van der Waals surface area contributed by atoms with E-state index >= 15 is 0 Å². The lowest BCUT2D eigenvalue weighted by Crippen LogP contribution is -2.06. The van der Waals surface area contributed by atoms with Crippen molar-refractivity contribution in [2.75, 3.05) is 12.4 Å². The summed E-state index contributed by atoms with van der Waals surface area (Å²) in [5.74, 6) is 1.76. The van der Waals surface area contributed by atoms with Gasteiger partial charge in [0.05, 0.1) is 19.0 Å². The Balaban J connectivity index is 1.64. The van der Waals surface area contributed by atoms with Gasteiger partial charge in [-0.3, -0.25) is 0 Å². The molecular weight excluding hydrogens is 324 g/mol. The first-order chi connectivity index (χ1) is 12.7. The highest BCUT2D eigenvalue weighted by Crippen LogP contribution is 2.23. The molecule has 0 bridgehead atoms. The summed E-state index contributed by atoms with van der Waals surface area (Å²) in [6.45, 7) is 2.77. The Hall–Kier alpha value is -3.34. The number of hydrogen-bond donors (Lipinski definition) is 1. The third kappa shape index (κ3) is 3.24. The fraction of sp³-hybridized carbons (Fsp3) is 0.143. The molecule has 0 aliphatic heterocycles. The van der Waals surface area contributed by atoms with Crippen LogP contribution < -0.4 is 10.1 Å². The molecule has 0 spiro atoms. The lowest BCUT2D eigenvalue weighted by molar-refractivity contribution is 0.414. The van der Waals surface area contributed by atoms with Crippen LogP contribution in [0, 0.1) is 6.92 Å². The molecule has 0 amide bonds. The summed E-state index contributed by atoms with van der Waals surface area (Å²) in [7, 11) is 1.67. The number of fused-ring (bicyclic) bond motifs is 1. The smallest absolute Gasteiger partial charge is 0.157 e. The molecule has 0 radical (unpaired) electrons. The number of benzene rings is 2. The van der Waals surface area contributed by atoms with Crippen LogP contribution in [0.1, 0.15) is 11.1 Å². The van der Waals surface area contributed by atoms with E-state index in [-0.39, 0.29) is 0 Å². The number of nitrogens with one attached hydrogen (secondary N) is 1. The van der Waals surface area contributed by atoms with Gasteiger partial charge in [0.25, 0.3) is 0 Å². The summed E-state index contributed by atoms with van der Waals surface area (Å²) in [5, 5.41) is 7.85. The van der Waals surface area contributed by atoms with Gasteiger partial charge in [-0.25, -0.2) is 4.98 Å². The lowest BCUT2D eigenvalue weighted by atomic mass is 10.1. The molecule has 130 valence electrons. The van der Waals surface area contributed by atoms with E-state index in [2.05, 4.69) is 41.6 Å². The van der Waals surface area contributed by atoms with E-state index in [0.29, 0.717) is 6.54 Å². The Bertz CT molecular complexity index is 1020. The number of rotatable bonds is 5. The molecule has 0 fully saturated rings. The summed E-state index contributed by atoms with van der Waals surface area (Å²) >= 11 is 0. The number of nitrogens with zero attached hydrogens (tertiary/aromatic N) is 3. The quantitative estimate of drug-likeness (QED) is 0.586. The minimum absolute atomic E-state index is 0.691. The SMILES string of the molecule is COc1ccc(CNc2cc(-c3ccc(C)cc3)nc3ccnn23)cc1. The Morgan fingerprint density at radius 1 is 1.00 bits per heavy atom. The Labute approximate surface area is 152 Å². The third-order valence-electron chi connectivity index (χ3n) is 4.34. The van der Waals surface area contributed by atoms with Gasteiger partial charge in [0, 0.05) is 24.2 Å². The monoisotopic (exact) mass is 344 g/mol. The molecule has 4 rings (SSSR count). The van der Waals surface area contributed by atoms with Crippen molar-refractivity contribution in [3.63, 3.8) is 0 Å². The van der Waals surface area contributed by atoms with Crippen molar-refractivity contribution >= 4 is 11.5 Å². The van der Waals surface area contributed by atoms with Gasteiger partial charge in [-0.05, 0) is 24.6 Å². The van der Waals surface area contributed by atoms with Crippen LogP contribution in [0.15, 0.2) is 66.9 Å². The fourth-order valence-corrected chi connectivity index (χ4v) is 2.85. The number of aromatic nitrogens is 3. The highest BCUT2D eigenvalue weighted by Gasteiger charge is 2.08. The molecule has 0 saturated heterocycles. The van der Waals surface area contributed by atoms with E-state index in [1.807, 2.05) is 40.9 Å². The predicted molar refractivity (Wildman–Crippen MR) is 103 cm³/mol. The average molecular weight is 344 g/mol. The van der Waals surface area contributed by atoms with Crippen molar-refractivity contribution in [2.24, 2.45) is 0 Å². The van der Waals surface area contributed by atoms with Gasteiger partial charge in [-0.15, -0.1) is 0 Å². The molecule has 2 aromatic carbocycles. The first-order valence-electron chi connectivity index (χ1n) is 8.51. The van der Waals surface area contributed by atoms with Crippen LogP contribution in [0.4, 0.5) is 5.82 Å². The molecular formula is C21H20N4O. The maximum atomic E-state index is 5.21. The summed E-state index contributed by atoms with van der Waals surface area (Å²) < 4.78 is 7.03. The zero-order valence-corrected chi connectivity index (χ0v) is 14.8. The normalized spacial score (nSPS) is 10.8. The molecule has 5 heteroatoms. The molecule has 5 nitrogen and oxygen atoms in total. The fourth-order valence-electron chi connectivity index (χ4n) is 2.85. The average Bonchev–Trinajstić information content (AvgIpc) is 3.16. The molecule has 1 N–H and O–H groups in total. The van der Waals surface area contributed by atoms with Crippen molar-refractivity contribution in [1.82, 2.24) is 14.6 Å². The number of methoxy groups -OCH3 is 1. The lowest BCUT2D eigenvalue weighted by Gasteiger charge is -2.11. The van der Waals surface area contributed by atoms with Crippen molar-refractivity contribution in [1.29, 1.82) is 0 Å². The van der Waals surface area contributed by atoms with Gasteiger partial charge in [-0.2, -0.15) is 9.61 Å². The van der Waals surface area contributed by atoms with E-state index in [9.17, 15) is 0 Å². The highest BCUT2D eigenvalue weighted by molar-refractivity contribution is 5.66. The Kier molecular flexibility index (Phi) is 4.27. The third-order valence-corrected chi connectivity index (χ3v) is 4.34. The van der Waals surface area contributed by atoms with Crippen LogP contribution in [0.5, 0.6) is 5.75 Å². The van der Waals surface area contributed by atoms with Gasteiger partial charge in [0.1, 0.15) is 11.6 Å². The minimum atomic E-state index is 0.691. The van der Waals surface area contributed by atoms with E-state index in [4.69, 9.17) is 9.72 Å². The molecule has 4 aromatic rings. The van der Waals surface area contributed by atoms with Crippen molar-refractivity contribution in [3.8, 4) is 17.0 Å². The van der Waals surface area contributed by atoms with Gasteiger partial charge >= 0.3 is 0 Å². The second-order valence-electron chi connectivity index (χ2n) is 6.20. The number of hydrogen-bond acceptors (Lipinski definition) is 4. The van der Waals surface area contributed by atoms with E-state index in [1.54, 1.807) is 13.3 Å². The Morgan fingerprint density at radius 2 is 1.77 bits per heavy atom. The summed E-state index contributed by atoms with van der Waals surface area (Å²) in [6, 6.07) is 20.4. The second kappa shape index (κ2) is 6.88. The van der Waals surface area contributed by atoms with Crippen LogP contribution in [0.2, 0.25) is 0 Å². The number of ether oxygens (including phenoxy) is 1. The minimum Gasteiger partial charge on any atom is -0.497 e. The van der Waals surface area contributed by atoms with Crippen LogP contribution in [0.25, 0.3) is 16.9 Å². The predicted octanol–water partition coefficient (Wildman–Crippen LogP) is 4.33. The molecule has 2 aromatic heterocycles. The first kappa shape index (κ1) is 16.1. The molecule has 26 heavy (non-hydrogen) atoms. The molecule has 0 aliphatic rings. The standard InChI is InChI=1S/C21H20N4O/c1-15-3-7-17(8-4-15)19-13-21(25-20(24-19)11-12-23-25)22-14-16-5-9-18(26-2)10-6-16/h3-13,22H,14H2,1-2H3.